The largest absolute Gasteiger partial charge is 0.358 e. The standard InChI is InChI=1S/C20H26N4S/c1-16-6-3-4-7-19(16)15-25-20-18(8-5-9-22-20)14-23-10-12-24(13-11-23)17(2)21/h3-9,21H,10-15H2,1-2H3. The molecular weight excluding hydrogens is 328 g/mol. The fourth-order valence-corrected chi connectivity index (χ4v) is 4.14. The van der Waals surface area contributed by atoms with Crippen LogP contribution in [0.3, 0.4) is 0 Å². The van der Waals surface area contributed by atoms with E-state index < -0.39 is 0 Å². The minimum Gasteiger partial charge on any atom is -0.358 e. The molecule has 2 heterocycles. The van der Waals surface area contributed by atoms with Crippen LogP contribution in [0.4, 0.5) is 0 Å². The lowest BCUT2D eigenvalue weighted by Crippen LogP contribution is -2.47. The zero-order chi connectivity index (χ0) is 17.6. The highest BCUT2D eigenvalue weighted by Gasteiger charge is 2.18. The highest BCUT2D eigenvalue weighted by molar-refractivity contribution is 7.98. The van der Waals surface area contributed by atoms with Crippen molar-refractivity contribution < 1.29 is 0 Å². The number of aryl methyl sites for hydroxylation is 1. The van der Waals surface area contributed by atoms with Crippen molar-refractivity contribution in [3.63, 3.8) is 0 Å². The molecule has 1 N–H and O–H groups in total. The summed E-state index contributed by atoms with van der Waals surface area (Å²) in [6.45, 7) is 8.88. The predicted molar refractivity (Wildman–Crippen MR) is 105 cm³/mol. The molecular formula is C20H26N4S. The maximum Gasteiger partial charge on any atom is 0.101 e. The van der Waals surface area contributed by atoms with Crippen LogP contribution in [0.5, 0.6) is 0 Å². The number of piperazine rings is 1. The summed E-state index contributed by atoms with van der Waals surface area (Å²) in [6.07, 6.45) is 1.89. The van der Waals surface area contributed by atoms with E-state index in [1.54, 1.807) is 0 Å². The van der Waals surface area contributed by atoms with Crippen LogP contribution in [0.15, 0.2) is 47.6 Å². The number of thioether (sulfide) groups is 1. The number of pyridine rings is 1. The number of nitrogens with one attached hydrogen (secondary N) is 1. The van der Waals surface area contributed by atoms with Gasteiger partial charge in [0.25, 0.3) is 0 Å². The third kappa shape index (κ3) is 4.83. The Morgan fingerprint density at radius 3 is 2.52 bits per heavy atom. The van der Waals surface area contributed by atoms with Gasteiger partial charge < -0.3 is 4.90 Å². The Bertz CT molecular complexity index is 723. The van der Waals surface area contributed by atoms with Gasteiger partial charge in [-0.15, -0.1) is 11.8 Å². The van der Waals surface area contributed by atoms with Crippen LogP contribution in [0.1, 0.15) is 23.6 Å². The number of hydrogen-bond acceptors (Lipinski definition) is 4. The molecule has 0 atom stereocenters. The molecule has 1 aromatic carbocycles. The highest BCUT2D eigenvalue weighted by Crippen LogP contribution is 2.26. The molecule has 1 saturated heterocycles. The van der Waals surface area contributed by atoms with E-state index in [1.165, 1.54) is 16.7 Å². The van der Waals surface area contributed by atoms with Crippen LogP contribution >= 0.6 is 11.8 Å². The smallest absolute Gasteiger partial charge is 0.101 e. The van der Waals surface area contributed by atoms with E-state index in [0.29, 0.717) is 5.84 Å². The van der Waals surface area contributed by atoms with Crippen molar-refractivity contribution in [1.29, 1.82) is 5.41 Å². The van der Waals surface area contributed by atoms with Gasteiger partial charge in [-0.2, -0.15) is 0 Å². The summed E-state index contributed by atoms with van der Waals surface area (Å²) in [5, 5.41) is 8.89. The molecule has 1 fully saturated rings. The molecule has 25 heavy (non-hydrogen) atoms. The third-order valence-corrected chi connectivity index (χ3v) is 5.81. The SMILES string of the molecule is CC(=N)N1CCN(Cc2cccnc2SCc2ccccc2C)CC1. The summed E-state index contributed by atoms with van der Waals surface area (Å²) in [5.74, 6) is 1.63. The molecule has 0 aliphatic carbocycles. The van der Waals surface area contributed by atoms with E-state index in [-0.39, 0.29) is 0 Å². The molecule has 0 unspecified atom stereocenters. The third-order valence-electron chi connectivity index (χ3n) is 4.72. The summed E-state index contributed by atoms with van der Waals surface area (Å²) < 4.78 is 0. The second-order valence-electron chi connectivity index (χ2n) is 6.53. The van der Waals surface area contributed by atoms with Crippen molar-refractivity contribution in [2.45, 2.75) is 31.2 Å². The highest BCUT2D eigenvalue weighted by atomic mass is 32.2. The van der Waals surface area contributed by atoms with E-state index in [2.05, 4.69) is 52.0 Å². The van der Waals surface area contributed by atoms with Crippen molar-refractivity contribution in [2.75, 3.05) is 26.2 Å². The first-order valence-electron chi connectivity index (χ1n) is 8.77. The zero-order valence-electron chi connectivity index (χ0n) is 15.0. The van der Waals surface area contributed by atoms with Crippen LogP contribution in [0.25, 0.3) is 0 Å². The number of hydrogen-bond donors (Lipinski definition) is 1. The molecule has 1 aliphatic heterocycles. The van der Waals surface area contributed by atoms with Crippen molar-refractivity contribution in [1.82, 2.24) is 14.8 Å². The number of benzene rings is 1. The molecule has 0 saturated carbocycles. The fourth-order valence-electron chi connectivity index (χ4n) is 3.07. The average molecular weight is 355 g/mol. The van der Waals surface area contributed by atoms with Crippen molar-refractivity contribution in [3.05, 3.63) is 59.3 Å². The molecule has 3 rings (SSSR count). The van der Waals surface area contributed by atoms with Gasteiger partial charge in [0.1, 0.15) is 5.03 Å². The predicted octanol–water partition coefficient (Wildman–Crippen LogP) is 3.80. The van der Waals surface area contributed by atoms with Crippen LogP contribution < -0.4 is 0 Å². The van der Waals surface area contributed by atoms with E-state index >= 15 is 0 Å². The Morgan fingerprint density at radius 1 is 1.08 bits per heavy atom. The molecule has 0 bridgehead atoms. The van der Waals surface area contributed by atoms with Crippen LogP contribution in [-0.4, -0.2) is 46.8 Å². The Hall–Kier alpha value is -1.85. The minimum atomic E-state index is 0.676. The van der Waals surface area contributed by atoms with E-state index in [1.807, 2.05) is 30.9 Å². The molecule has 0 amide bonds. The first kappa shape index (κ1) is 18.0. The molecule has 4 nitrogen and oxygen atoms in total. The van der Waals surface area contributed by atoms with Gasteiger partial charge in [-0.25, -0.2) is 4.98 Å². The Balaban J connectivity index is 1.61. The normalized spacial score (nSPS) is 15.4. The number of aromatic nitrogens is 1. The monoisotopic (exact) mass is 354 g/mol. The molecule has 1 aromatic heterocycles. The quantitative estimate of drug-likeness (QED) is 0.504. The van der Waals surface area contributed by atoms with E-state index in [9.17, 15) is 0 Å². The first-order valence-corrected chi connectivity index (χ1v) is 9.75. The second kappa shape index (κ2) is 8.50. The van der Waals surface area contributed by atoms with Gasteiger partial charge in [-0.05, 0) is 36.6 Å². The van der Waals surface area contributed by atoms with Gasteiger partial charge in [0.15, 0.2) is 0 Å². The maximum absolute atomic E-state index is 7.76. The average Bonchev–Trinajstić information content (AvgIpc) is 2.62. The molecule has 132 valence electrons. The topological polar surface area (TPSA) is 43.2 Å². The molecule has 0 spiro atoms. The van der Waals surface area contributed by atoms with Gasteiger partial charge in [0, 0.05) is 44.7 Å². The van der Waals surface area contributed by atoms with Crippen LogP contribution in [-0.2, 0) is 12.3 Å². The Morgan fingerprint density at radius 2 is 1.80 bits per heavy atom. The maximum atomic E-state index is 7.76. The summed E-state index contributed by atoms with van der Waals surface area (Å²) in [6, 6.07) is 12.8. The number of amidine groups is 1. The van der Waals surface area contributed by atoms with Gasteiger partial charge in [-0.3, -0.25) is 10.3 Å². The lowest BCUT2D eigenvalue weighted by Gasteiger charge is -2.35. The summed E-state index contributed by atoms with van der Waals surface area (Å²) in [7, 11) is 0. The molecule has 0 radical (unpaired) electrons. The van der Waals surface area contributed by atoms with E-state index in [0.717, 1.165) is 43.5 Å². The van der Waals surface area contributed by atoms with E-state index in [4.69, 9.17) is 5.41 Å². The van der Waals surface area contributed by atoms with Gasteiger partial charge in [-0.1, -0.05) is 30.3 Å². The minimum absolute atomic E-state index is 0.676. The molecule has 1 aliphatic rings. The van der Waals surface area contributed by atoms with Crippen molar-refractivity contribution >= 4 is 17.6 Å². The number of nitrogens with zero attached hydrogens (tertiary/aromatic N) is 3. The molecule has 2 aromatic rings. The summed E-state index contributed by atoms with van der Waals surface area (Å²) in [5.41, 5.74) is 4.02. The fraction of sp³-hybridized carbons (Fsp3) is 0.400. The van der Waals surface area contributed by atoms with Crippen LogP contribution in [0, 0.1) is 12.3 Å². The molecule has 5 heteroatoms. The Labute approximate surface area is 154 Å². The number of rotatable bonds is 5. The first-order chi connectivity index (χ1) is 12.1. The lowest BCUT2D eigenvalue weighted by molar-refractivity contribution is 0.173. The van der Waals surface area contributed by atoms with Crippen molar-refractivity contribution in [3.8, 4) is 0 Å². The summed E-state index contributed by atoms with van der Waals surface area (Å²) >= 11 is 1.83. The van der Waals surface area contributed by atoms with Gasteiger partial charge >= 0.3 is 0 Å². The van der Waals surface area contributed by atoms with Crippen molar-refractivity contribution in [2.24, 2.45) is 0 Å². The van der Waals surface area contributed by atoms with Crippen LogP contribution in [0.2, 0.25) is 0 Å². The lowest BCUT2D eigenvalue weighted by atomic mass is 10.1. The summed E-state index contributed by atoms with van der Waals surface area (Å²) in [4.78, 5) is 9.24. The zero-order valence-corrected chi connectivity index (χ0v) is 15.9. The van der Waals surface area contributed by atoms with Gasteiger partial charge in [0.05, 0.1) is 5.84 Å². The van der Waals surface area contributed by atoms with Gasteiger partial charge in [0.2, 0.25) is 0 Å². The Kier molecular flexibility index (Phi) is 6.10. The second-order valence-corrected chi connectivity index (χ2v) is 7.50.